The lowest BCUT2D eigenvalue weighted by molar-refractivity contribution is -0.123. The number of nitrogens with zero attached hydrogens (tertiary/aromatic N) is 2. The molecular formula is C17H14BrN3O2S. The molecule has 0 aliphatic heterocycles. The summed E-state index contributed by atoms with van der Waals surface area (Å²) in [6, 6.07) is 16.7. The number of aryl methyl sites for hydroxylation is 1. The second kappa shape index (κ2) is 7.55. The highest BCUT2D eigenvalue weighted by Gasteiger charge is 2.24. The maximum atomic E-state index is 12.7. The third-order valence-electron chi connectivity index (χ3n) is 3.15. The molecule has 1 atom stereocenters. The summed E-state index contributed by atoms with van der Waals surface area (Å²) in [7, 11) is 0. The molecule has 0 fully saturated rings. The highest BCUT2D eigenvalue weighted by atomic mass is 79.9. The van der Waals surface area contributed by atoms with E-state index < -0.39 is 6.10 Å². The van der Waals surface area contributed by atoms with Crippen LogP contribution >= 0.6 is 27.3 Å². The number of nitrogens with one attached hydrogen (secondary N) is 1. The van der Waals surface area contributed by atoms with Gasteiger partial charge in [-0.3, -0.25) is 10.1 Å². The molecule has 1 heterocycles. The van der Waals surface area contributed by atoms with Gasteiger partial charge in [0.05, 0.1) is 0 Å². The first-order valence-corrected chi connectivity index (χ1v) is 8.81. The van der Waals surface area contributed by atoms with Crippen molar-refractivity contribution in [3.05, 3.63) is 69.6 Å². The van der Waals surface area contributed by atoms with E-state index in [1.807, 2.05) is 61.5 Å². The van der Waals surface area contributed by atoms with Crippen molar-refractivity contribution < 1.29 is 9.53 Å². The second-order valence-electron chi connectivity index (χ2n) is 4.98. The Morgan fingerprint density at radius 2 is 1.96 bits per heavy atom. The van der Waals surface area contributed by atoms with Gasteiger partial charge in [-0.1, -0.05) is 63.7 Å². The maximum Gasteiger partial charge on any atom is 0.272 e. The number of ether oxygens (including phenoxy) is 1. The average Bonchev–Trinajstić information content (AvgIpc) is 2.98. The van der Waals surface area contributed by atoms with Crippen molar-refractivity contribution in [2.75, 3.05) is 5.32 Å². The lowest BCUT2D eigenvalue weighted by atomic mass is 10.1. The Kier molecular flexibility index (Phi) is 5.22. The summed E-state index contributed by atoms with van der Waals surface area (Å²) in [5.41, 5.74) is 0.760. The number of hydrogen-bond donors (Lipinski definition) is 1. The van der Waals surface area contributed by atoms with Crippen molar-refractivity contribution in [1.82, 2.24) is 10.2 Å². The third kappa shape index (κ3) is 4.18. The van der Waals surface area contributed by atoms with Gasteiger partial charge in [-0.05, 0) is 25.1 Å². The first-order chi connectivity index (χ1) is 11.6. The molecule has 1 amide bonds. The summed E-state index contributed by atoms with van der Waals surface area (Å²) in [5, 5.41) is 11.8. The highest BCUT2D eigenvalue weighted by molar-refractivity contribution is 9.10. The van der Waals surface area contributed by atoms with Crippen molar-refractivity contribution >= 4 is 38.3 Å². The van der Waals surface area contributed by atoms with Crippen LogP contribution < -0.4 is 10.1 Å². The summed E-state index contributed by atoms with van der Waals surface area (Å²) < 4.78 is 6.82. The van der Waals surface area contributed by atoms with Crippen LogP contribution in [0.3, 0.4) is 0 Å². The predicted octanol–water partition coefficient (Wildman–Crippen LogP) is 4.37. The molecule has 0 aliphatic carbocycles. The van der Waals surface area contributed by atoms with E-state index in [9.17, 15) is 4.79 Å². The van der Waals surface area contributed by atoms with Crippen molar-refractivity contribution in [1.29, 1.82) is 0 Å². The topological polar surface area (TPSA) is 64.1 Å². The van der Waals surface area contributed by atoms with Gasteiger partial charge in [0.15, 0.2) is 0 Å². The van der Waals surface area contributed by atoms with E-state index in [0.29, 0.717) is 10.9 Å². The van der Waals surface area contributed by atoms with E-state index >= 15 is 0 Å². The quantitative estimate of drug-likeness (QED) is 0.686. The van der Waals surface area contributed by atoms with Gasteiger partial charge in [-0.2, -0.15) is 0 Å². The van der Waals surface area contributed by atoms with Crippen LogP contribution in [0, 0.1) is 6.92 Å². The van der Waals surface area contributed by atoms with Gasteiger partial charge in [0.2, 0.25) is 11.2 Å². The van der Waals surface area contributed by atoms with E-state index in [0.717, 1.165) is 15.0 Å². The fourth-order valence-electron chi connectivity index (χ4n) is 2.10. The van der Waals surface area contributed by atoms with E-state index in [1.54, 1.807) is 0 Å². The van der Waals surface area contributed by atoms with Gasteiger partial charge in [0.25, 0.3) is 5.91 Å². The second-order valence-corrected chi connectivity index (χ2v) is 7.08. The molecule has 7 heteroatoms. The van der Waals surface area contributed by atoms with Gasteiger partial charge in [-0.15, -0.1) is 10.2 Å². The van der Waals surface area contributed by atoms with E-state index in [4.69, 9.17) is 4.74 Å². The normalized spacial score (nSPS) is 11.8. The number of rotatable bonds is 5. The van der Waals surface area contributed by atoms with Gasteiger partial charge < -0.3 is 4.74 Å². The molecule has 0 spiro atoms. The zero-order chi connectivity index (χ0) is 16.9. The molecule has 24 heavy (non-hydrogen) atoms. The van der Waals surface area contributed by atoms with Crippen LogP contribution in [0.4, 0.5) is 5.13 Å². The van der Waals surface area contributed by atoms with Crippen LogP contribution in [0.5, 0.6) is 5.75 Å². The van der Waals surface area contributed by atoms with Crippen LogP contribution in [0.2, 0.25) is 0 Å². The molecule has 0 unspecified atom stereocenters. The Bertz CT molecular complexity index is 839. The number of carbonyl (C=O) groups is 1. The monoisotopic (exact) mass is 403 g/mol. The molecule has 5 nitrogen and oxygen atoms in total. The van der Waals surface area contributed by atoms with Crippen LogP contribution in [0.1, 0.15) is 16.7 Å². The Labute approximate surface area is 151 Å². The summed E-state index contributed by atoms with van der Waals surface area (Å²) in [4.78, 5) is 12.7. The highest BCUT2D eigenvalue weighted by Crippen LogP contribution is 2.26. The Morgan fingerprint density at radius 3 is 2.62 bits per heavy atom. The van der Waals surface area contributed by atoms with Crippen LogP contribution in [-0.4, -0.2) is 16.1 Å². The Balaban J connectivity index is 1.85. The number of anilines is 1. The first-order valence-electron chi connectivity index (χ1n) is 7.20. The summed E-state index contributed by atoms with van der Waals surface area (Å²) in [6.45, 7) is 1.83. The molecule has 0 saturated heterocycles. The Hall–Kier alpha value is -2.25. The van der Waals surface area contributed by atoms with Gasteiger partial charge in [0.1, 0.15) is 10.8 Å². The zero-order valence-electron chi connectivity index (χ0n) is 12.8. The number of hydrogen-bond acceptors (Lipinski definition) is 5. The van der Waals surface area contributed by atoms with E-state index in [1.165, 1.54) is 11.3 Å². The number of halogens is 1. The smallest absolute Gasteiger partial charge is 0.272 e. The minimum absolute atomic E-state index is 0.294. The van der Waals surface area contributed by atoms with Crippen molar-refractivity contribution in [3.63, 3.8) is 0 Å². The molecular weight excluding hydrogens is 390 g/mol. The minimum atomic E-state index is -0.787. The molecule has 3 rings (SSSR count). The number of amides is 1. The lowest BCUT2D eigenvalue weighted by Crippen LogP contribution is -2.25. The summed E-state index contributed by atoms with van der Waals surface area (Å²) >= 11 is 4.72. The molecule has 0 aliphatic rings. The fraction of sp³-hybridized carbons (Fsp3) is 0.118. The van der Waals surface area contributed by atoms with Gasteiger partial charge in [-0.25, -0.2) is 0 Å². The minimum Gasteiger partial charge on any atom is -0.476 e. The van der Waals surface area contributed by atoms with Crippen molar-refractivity contribution in [2.45, 2.75) is 13.0 Å². The van der Waals surface area contributed by atoms with Crippen molar-refractivity contribution in [3.8, 4) is 5.75 Å². The molecule has 3 aromatic rings. The number of benzene rings is 2. The van der Waals surface area contributed by atoms with Crippen LogP contribution in [0.25, 0.3) is 0 Å². The lowest BCUT2D eigenvalue weighted by Gasteiger charge is -2.18. The van der Waals surface area contributed by atoms with E-state index in [-0.39, 0.29) is 5.91 Å². The molecule has 0 saturated carbocycles. The summed E-state index contributed by atoms with van der Waals surface area (Å²) in [6.07, 6.45) is -0.787. The van der Waals surface area contributed by atoms with Crippen LogP contribution in [-0.2, 0) is 4.79 Å². The van der Waals surface area contributed by atoms with Crippen LogP contribution in [0.15, 0.2) is 59.1 Å². The van der Waals surface area contributed by atoms with Gasteiger partial charge in [0, 0.05) is 10.0 Å². The largest absolute Gasteiger partial charge is 0.476 e. The number of aromatic nitrogens is 2. The average molecular weight is 404 g/mol. The molecule has 0 radical (unpaired) electrons. The fourth-order valence-corrected chi connectivity index (χ4v) is 3.07. The molecule has 1 N–H and O–H groups in total. The van der Waals surface area contributed by atoms with Gasteiger partial charge >= 0.3 is 0 Å². The van der Waals surface area contributed by atoms with Crippen molar-refractivity contribution in [2.24, 2.45) is 0 Å². The standard InChI is InChI=1S/C17H14BrN3O2S/c1-11-20-21-17(24-11)19-16(22)15(12-6-3-2-4-7-12)23-14-9-5-8-13(18)10-14/h2-10,15H,1H3,(H,19,21,22)/t15-/m0/s1. The van der Waals surface area contributed by atoms with E-state index in [2.05, 4.69) is 31.4 Å². The maximum absolute atomic E-state index is 12.7. The first kappa shape index (κ1) is 16.6. The predicted molar refractivity (Wildman–Crippen MR) is 97.2 cm³/mol. The molecule has 0 bridgehead atoms. The Morgan fingerprint density at radius 1 is 1.17 bits per heavy atom. The SMILES string of the molecule is Cc1nnc(NC(=O)[C@@H](Oc2cccc(Br)c2)c2ccccc2)s1. The third-order valence-corrected chi connectivity index (χ3v) is 4.39. The molecule has 122 valence electrons. The summed E-state index contributed by atoms with van der Waals surface area (Å²) in [5.74, 6) is 0.305. The molecule has 1 aromatic heterocycles. The molecule has 2 aromatic carbocycles. The zero-order valence-corrected chi connectivity index (χ0v) is 15.2. The number of carbonyl (C=O) groups excluding carboxylic acids is 1.